The van der Waals surface area contributed by atoms with E-state index in [0.717, 1.165) is 4.47 Å². The maximum Gasteiger partial charge on any atom is 0.234 e. The number of carbonyl (C=O) groups excluding carboxylic acids is 2. The number of nitrogens with zero attached hydrogens (tertiary/aromatic N) is 3. The second kappa shape index (κ2) is 10.7. The quantitative estimate of drug-likeness (QED) is 0.413. The van der Waals surface area contributed by atoms with Gasteiger partial charge in [0.1, 0.15) is 11.6 Å². The molecule has 0 aliphatic carbocycles. The minimum absolute atomic E-state index is 0.00235. The number of hydrogen-bond acceptors (Lipinski definition) is 5. The number of carbonyl (C=O) groups is 2. The van der Waals surface area contributed by atoms with Crippen LogP contribution in [-0.4, -0.2) is 32.3 Å². The van der Waals surface area contributed by atoms with E-state index in [0.29, 0.717) is 33.9 Å². The number of aromatic nitrogens is 3. The van der Waals surface area contributed by atoms with Crippen LogP contribution in [0, 0.1) is 5.82 Å². The molecule has 3 aromatic rings. The second-order valence-corrected chi connectivity index (χ2v) is 8.54. The van der Waals surface area contributed by atoms with Crippen LogP contribution in [0.25, 0.3) is 0 Å². The summed E-state index contributed by atoms with van der Waals surface area (Å²) in [5.74, 6) is -0.296. The molecule has 0 bridgehead atoms. The molecule has 2 N–H and O–H groups in total. The number of nitrogens with one attached hydrogen (secondary N) is 2. The highest BCUT2D eigenvalue weighted by molar-refractivity contribution is 9.10. The van der Waals surface area contributed by atoms with Crippen molar-refractivity contribution in [1.82, 2.24) is 14.8 Å². The van der Waals surface area contributed by atoms with Gasteiger partial charge in [-0.15, -0.1) is 10.2 Å². The molecule has 7 nitrogen and oxygen atoms in total. The monoisotopic (exact) mass is 525 g/mol. The highest BCUT2D eigenvalue weighted by Crippen LogP contribution is 2.26. The highest BCUT2D eigenvalue weighted by atomic mass is 79.9. The van der Waals surface area contributed by atoms with E-state index in [1.54, 1.807) is 22.8 Å². The van der Waals surface area contributed by atoms with Gasteiger partial charge in [-0.1, -0.05) is 23.4 Å². The first kappa shape index (κ1) is 23.2. The van der Waals surface area contributed by atoms with Gasteiger partial charge >= 0.3 is 0 Å². The predicted molar refractivity (Wildman–Crippen MR) is 123 cm³/mol. The number of halogens is 3. The molecule has 0 aliphatic rings. The molecule has 0 atom stereocenters. The van der Waals surface area contributed by atoms with E-state index in [9.17, 15) is 14.0 Å². The molecule has 0 unspecified atom stereocenters. The Bertz CT molecular complexity index is 1090. The minimum Gasteiger partial charge on any atom is -0.326 e. The molecule has 0 aliphatic heterocycles. The topological polar surface area (TPSA) is 88.9 Å². The molecule has 31 heavy (non-hydrogen) atoms. The van der Waals surface area contributed by atoms with Gasteiger partial charge in [-0.2, -0.15) is 0 Å². The molecule has 0 radical (unpaired) electrons. The fourth-order valence-corrected chi connectivity index (χ4v) is 3.91. The third-order valence-corrected chi connectivity index (χ3v) is 6.29. The molecular formula is C20H18BrClFN5O2S. The summed E-state index contributed by atoms with van der Waals surface area (Å²) < 4.78 is 15.5. The smallest absolute Gasteiger partial charge is 0.234 e. The third kappa shape index (κ3) is 6.52. The Hall–Kier alpha value is -2.43. The van der Waals surface area contributed by atoms with Crippen LogP contribution in [0.15, 0.2) is 52.1 Å². The van der Waals surface area contributed by atoms with Crippen LogP contribution in [0.4, 0.5) is 15.8 Å². The van der Waals surface area contributed by atoms with Crippen LogP contribution in [0.1, 0.15) is 12.7 Å². The fourth-order valence-electron chi connectivity index (χ4n) is 2.66. The second-order valence-electron chi connectivity index (χ2n) is 6.34. The van der Waals surface area contributed by atoms with E-state index < -0.39 is 0 Å². The van der Waals surface area contributed by atoms with Crippen molar-refractivity contribution < 1.29 is 14.0 Å². The maximum absolute atomic E-state index is 13.0. The lowest BCUT2D eigenvalue weighted by atomic mass is 10.3. The summed E-state index contributed by atoms with van der Waals surface area (Å²) in [6.45, 7) is 2.44. The van der Waals surface area contributed by atoms with Gasteiger partial charge < -0.3 is 15.2 Å². The average molecular weight is 527 g/mol. The Kier molecular flexibility index (Phi) is 8.05. The van der Waals surface area contributed by atoms with Crippen molar-refractivity contribution >= 4 is 62.5 Å². The number of benzene rings is 2. The summed E-state index contributed by atoms with van der Waals surface area (Å²) in [6, 6.07) is 10.7. The van der Waals surface area contributed by atoms with Crippen molar-refractivity contribution in [3.8, 4) is 0 Å². The molecule has 3 rings (SSSR count). The van der Waals surface area contributed by atoms with Crippen molar-refractivity contribution in [1.29, 1.82) is 0 Å². The van der Waals surface area contributed by atoms with Crippen molar-refractivity contribution in [2.24, 2.45) is 0 Å². The number of anilines is 2. The van der Waals surface area contributed by atoms with E-state index >= 15 is 0 Å². The molecule has 0 saturated heterocycles. The molecule has 162 valence electrons. The van der Waals surface area contributed by atoms with Crippen LogP contribution < -0.4 is 10.6 Å². The molecule has 2 aromatic carbocycles. The number of rotatable bonds is 8. The summed E-state index contributed by atoms with van der Waals surface area (Å²) in [5, 5.41) is 14.7. The van der Waals surface area contributed by atoms with E-state index in [4.69, 9.17) is 11.6 Å². The molecule has 0 fully saturated rings. The van der Waals surface area contributed by atoms with Gasteiger partial charge in [-0.3, -0.25) is 9.59 Å². The summed E-state index contributed by atoms with van der Waals surface area (Å²) in [6.07, 6.45) is 0.00235. The van der Waals surface area contributed by atoms with Gasteiger partial charge in [-0.25, -0.2) is 4.39 Å². The molecule has 1 aromatic heterocycles. The van der Waals surface area contributed by atoms with Gasteiger partial charge in [0.15, 0.2) is 5.16 Å². The standard InChI is InChI=1S/C20H18BrClFN5O2S/c1-2-28-17(10-18(29)24-13-5-3-12(23)4-6-13)26-27-20(28)31-11-19(30)25-14-7-8-15(21)16(22)9-14/h3-9H,2,10-11H2,1H3,(H,24,29)(H,25,30). The molecule has 11 heteroatoms. The van der Waals surface area contributed by atoms with Gasteiger partial charge in [0.2, 0.25) is 11.8 Å². The Morgan fingerprint density at radius 1 is 1.10 bits per heavy atom. The average Bonchev–Trinajstić information content (AvgIpc) is 3.12. The Labute approximate surface area is 195 Å². The maximum atomic E-state index is 13.0. The number of amides is 2. The van der Waals surface area contributed by atoms with E-state index in [2.05, 4.69) is 36.8 Å². The van der Waals surface area contributed by atoms with Gasteiger partial charge in [-0.05, 0) is 65.3 Å². The molecular weight excluding hydrogens is 509 g/mol. The Balaban J connectivity index is 1.57. The van der Waals surface area contributed by atoms with E-state index in [-0.39, 0.29) is 29.8 Å². The normalized spacial score (nSPS) is 10.7. The third-order valence-electron chi connectivity index (χ3n) is 4.09. The van der Waals surface area contributed by atoms with Gasteiger partial charge in [0.05, 0.1) is 17.2 Å². The zero-order valence-electron chi connectivity index (χ0n) is 16.4. The van der Waals surface area contributed by atoms with Crippen LogP contribution in [0.5, 0.6) is 0 Å². The van der Waals surface area contributed by atoms with Crippen molar-refractivity contribution in [3.05, 3.63) is 63.6 Å². The number of hydrogen-bond donors (Lipinski definition) is 2. The van der Waals surface area contributed by atoms with Crippen molar-refractivity contribution in [2.45, 2.75) is 25.0 Å². The van der Waals surface area contributed by atoms with E-state index in [1.807, 2.05) is 6.92 Å². The fraction of sp³-hybridized carbons (Fsp3) is 0.200. The summed E-state index contributed by atoms with van der Waals surface area (Å²) in [7, 11) is 0. The molecule has 0 saturated carbocycles. The Morgan fingerprint density at radius 3 is 2.45 bits per heavy atom. The van der Waals surface area contributed by atoms with Crippen LogP contribution in [-0.2, 0) is 22.6 Å². The zero-order valence-corrected chi connectivity index (χ0v) is 19.5. The van der Waals surface area contributed by atoms with Crippen molar-refractivity contribution in [3.63, 3.8) is 0 Å². The zero-order chi connectivity index (χ0) is 22.4. The minimum atomic E-state index is -0.377. The first-order valence-corrected chi connectivity index (χ1v) is 11.4. The lowest BCUT2D eigenvalue weighted by Gasteiger charge is -2.09. The number of thioether (sulfide) groups is 1. The summed E-state index contributed by atoms with van der Waals surface area (Å²) >= 11 is 10.6. The lowest BCUT2D eigenvalue weighted by molar-refractivity contribution is -0.116. The van der Waals surface area contributed by atoms with Crippen LogP contribution in [0.3, 0.4) is 0 Å². The van der Waals surface area contributed by atoms with Gasteiger partial charge in [0, 0.05) is 22.4 Å². The van der Waals surface area contributed by atoms with E-state index in [1.165, 1.54) is 36.0 Å². The lowest BCUT2D eigenvalue weighted by Crippen LogP contribution is -2.18. The largest absolute Gasteiger partial charge is 0.326 e. The first-order valence-electron chi connectivity index (χ1n) is 9.21. The first-order chi connectivity index (χ1) is 14.9. The molecule has 1 heterocycles. The summed E-state index contributed by atoms with van der Waals surface area (Å²) in [4.78, 5) is 24.6. The van der Waals surface area contributed by atoms with Gasteiger partial charge in [0.25, 0.3) is 0 Å². The van der Waals surface area contributed by atoms with Crippen LogP contribution in [0.2, 0.25) is 5.02 Å². The SMILES string of the molecule is CCn1c(CC(=O)Nc2ccc(F)cc2)nnc1SCC(=O)Nc1ccc(Br)c(Cl)c1. The molecule has 0 spiro atoms. The highest BCUT2D eigenvalue weighted by Gasteiger charge is 2.16. The Morgan fingerprint density at radius 2 is 1.77 bits per heavy atom. The van der Waals surface area contributed by atoms with Crippen molar-refractivity contribution in [2.75, 3.05) is 16.4 Å². The predicted octanol–water partition coefficient (Wildman–Crippen LogP) is 4.77. The van der Waals surface area contributed by atoms with Crippen LogP contribution >= 0.6 is 39.3 Å². The molecule has 2 amide bonds. The summed E-state index contributed by atoms with van der Waals surface area (Å²) in [5.41, 5.74) is 1.09.